The highest BCUT2D eigenvalue weighted by Gasteiger charge is 2.44. The van der Waals surface area contributed by atoms with E-state index in [1.165, 1.54) is 24.0 Å². The Labute approximate surface area is 307 Å². The molecule has 8 rings (SSSR count). The minimum Gasteiger partial charge on any atom is -0.475 e. The molecule has 3 aromatic heterocycles. The first-order valence-corrected chi connectivity index (χ1v) is 19.2. The predicted octanol–water partition coefficient (Wildman–Crippen LogP) is 6.07. The SMILES string of the molecule is CSC1(C(=O)Nc2ccc3[nH]nc(-c4ccc(OC(C)C)nc4)c3c2)CCN(CC(=O)N2CC=C(c3ccc(-c4ncn(C5CC5)n4)cc3)CC2)C1. The summed E-state index contributed by atoms with van der Waals surface area (Å²) in [6.45, 7) is 6.67. The van der Waals surface area contributed by atoms with Crippen molar-refractivity contribution in [1.82, 2.24) is 39.7 Å². The molecule has 2 aromatic carbocycles. The second-order valence-electron chi connectivity index (χ2n) is 14.2. The number of nitrogens with zero attached hydrogens (tertiary/aromatic N) is 7. The number of benzene rings is 2. The molecule has 1 unspecified atom stereocenters. The average Bonchev–Trinajstić information content (AvgIpc) is 3.52. The van der Waals surface area contributed by atoms with E-state index in [2.05, 4.69) is 65.8 Å². The molecular formula is C39H43N9O3S. The lowest BCUT2D eigenvalue weighted by Crippen LogP contribution is -2.45. The number of ether oxygens (including phenoxy) is 1. The summed E-state index contributed by atoms with van der Waals surface area (Å²) in [7, 11) is 0. The number of hydrogen-bond donors (Lipinski definition) is 2. The Kier molecular flexibility index (Phi) is 9.31. The minimum absolute atomic E-state index is 0.0383. The summed E-state index contributed by atoms with van der Waals surface area (Å²) in [6, 6.07) is 18.5. The number of likely N-dealkylation sites (tertiary alicyclic amines) is 1. The smallest absolute Gasteiger partial charge is 0.241 e. The molecule has 5 heterocycles. The number of aromatic amines is 1. The maximum Gasteiger partial charge on any atom is 0.241 e. The number of aromatic nitrogens is 6. The van der Waals surface area contributed by atoms with Gasteiger partial charge >= 0.3 is 0 Å². The van der Waals surface area contributed by atoms with Crippen LogP contribution in [0.25, 0.3) is 39.1 Å². The van der Waals surface area contributed by atoms with Crippen LogP contribution in [0.1, 0.15) is 51.1 Å². The number of fused-ring (bicyclic) bond motifs is 1. The van der Waals surface area contributed by atoms with Gasteiger partial charge in [-0.2, -0.15) is 10.2 Å². The molecule has 13 heteroatoms. The monoisotopic (exact) mass is 717 g/mol. The zero-order valence-corrected chi connectivity index (χ0v) is 30.5. The summed E-state index contributed by atoms with van der Waals surface area (Å²) in [4.78, 5) is 40.2. The van der Waals surface area contributed by atoms with Crippen molar-refractivity contribution in [3.63, 3.8) is 0 Å². The molecule has 12 nitrogen and oxygen atoms in total. The van der Waals surface area contributed by atoms with Gasteiger partial charge in [-0.15, -0.1) is 11.8 Å². The molecule has 5 aromatic rings. The summed E-state index contributed by atoms with van der Waals surface area (Å²) in [5.41, 5.74) is 6.59. The number of hydrogen-bond acceptors (Lipinski definition) is 9. The first kappa shape index (κ1) is 34.1. The summed E-state index contributed by atoms with van der Waals surface area (Å²) < 4.78 is 7.00. The third kappa shape index (κ3) is 7.07. The fourth-order valence-electron chi connectivity index (χ4n) is 7.03. The van der Waals surface area contributed by atoms with E-state index < -0.39 is 4.75 Å². The number of H-pyrrole nitrogens is 1. The molecular weight excluding hydrogens is 675 g/mol. The van der Waals surface area contributed by atoms with Gasteiger partial charge in [-0.1, -0.05) is 30.3 Å². The van der Waals surface area contributed by atoms with Crippen molar-refractivity contribution in [3.05, 3.63) is 78.8 Å². The number of anilines is 1. The maximum absolute atomic E-state index is 13.8. The number of carbonyl (C=O) groups excluding carboxylic acids is 2. The van der Waals surface area contributed by atoms with Crippen molar-refractivity contribution >= 4 is 45.7 Å². The van der Waals surface area contributed by atoms with E-state index in [1.54, 1.807) is 18.0 Å². The molecule has 2 N–H and O–H groups in total. The van der Waals surface area contributed by atoms with Gasteiger partial charge in [0.2, 0.25) is 17.7 Å². The van der Waals surface area contributed by atoms with E-state index in [0.717, 1.165) is 40.0 Å². The highest BCUT2D eigenvalue weighted by molar-refractivity contribution is 8.00. The quantitative estimate of drug-likeness (QED) is 0.167. The van der Waals surface area contributed by atoms with E-state index in [9.17, 15) is 9.59 Å². The van der Waals surface area contributed by atoms with E-state index >= 15 is 0 Å². The van der Waals surface area contributed by atoms with Gasteiger partial charge in [-0.25, -0.2) is 14.6 Å². The summed E-state index contributed by atoms with van der Waals surface area (Å²) in [5, 5.41) is 16.3. The Morgan fingerprint density at radius 2 is 1.85 bits per heavy atom. The predicted molar refractivity (Wildman–Crippen MR) is 204 cm³/mol. The molecule has 0 spiro atoms. The van der Waals surface area contributed by atoms with Crippen LogP contribution in [0, 0.1) is 0 Å². The molecule has 0 radical (unpaired) electrons. The third-order valence-corrected chi connectivity index (χ3v) is 11.5. The Hall–Kier alpha value is -5.01. The van der Waals surface area contributed by atoms with Gasteiger partial charge in [0.25, 0.3) is 0 Å². The van der Waals surface area contributed by atoms with Crippen LogP contribution in [0.15, 0.2) is 73.2 Å². The van der Waals surface area contributed by atoms with Crippen molar-refractivity contribution < 1.29 is 14.3 Å². The van der Waals surface area contributed by atoms with Gasteiger partial charge in [0.15, 0.2) is 5.82 Å². The Balaban J connectivity index is 0.865. The van der Waals surface area contributed by atoms with Crippen LogP contribution in [0.4, 0.5) is 5.69 Å². The van der Waals surface area contributed by atoms with Crippen LogP contribution in [0.5, 0.6) is 5.88 Å². The Bertz CT molecular complexity index is 2120. The molecule has 1 saturated carbocycles. The van der Waals surface area contributed by atoms with E-state index in [0.29, 0.717) is 56.8 Å². The second-order valence-corrected chi connectivity index (χ2v) is 15.4. The first-order chi connectivity index (χ1) is 25.3. The van der Waals surface area contributed by atoms with Gasteiger partial charge in [0.1, 0.15) is 16.8 Å². The van der Waals surface area contributed by atoms with Crippen LogP contribution >= 0.6 is 11.8 Å². The second kappa shape index (κ2) is 14.2. The van der Waals surface area contributed by atoms with E-state index in [1.807, 2.05) is 66.3 Å². The van der Waals surface area contributed by atoms with Gasteiger partial charge in [0.05, 0.1) is 24.2 Å². The normalized spacial score (nSPS) is 19.3. The van der Waals surface area contributed by atoms with Gasteiger partial charge in [-0.05, 0) is 81.2 Å². The van der Waals surface area contributed by atoms with Crippen LogP contribution in [-0.4, -0.2) is 101 Å². The Morgan fingerprint density at radius 1 is 1.04 bits per heavy atom. The zero-order chi connectivity index (χ0) is 35.8. The lowest BCUT2D eigenvalue weighted by atomic mass is 9.98. The summed E-state index contributed by atoms with van der Waals surface area (Å²) in [6.07, 6.45) is 11.6. The lowest BCUT2D eigenvalue weighted by molar-refractivity contribution is -0.132. The van der Waals surface area contributed by atoms with Crippen LogP contribution in [0.3, 0.4) is 0 Å². The Morgan fingerprint density at radius 3 is 2.56 bits per heavy atom. The molecule has 0 bridgehead atoms. The maximum atomic E-state index is 13.8. The van der Waals surface area contributed by atoms with Gasteiger partial charge in [-0.3, -0.25) is 19.6 Å². The molecule has 3 aliphatic rings. The molecule has 1 aliphatic carbocycles. The molecule has 2 fully saturated rings. The highest BCUT2D eigenvalue weighted by Crippen LogP contribution is 2.37. The highest BCUT2D eigenvalue weighted by atomic mass is 32.2. The van der Waals surface area contributed by atoms with Crippen LogP contribution in [-0.2, 0) is 9.59 Å². The summed E-state index contributed by atoms with van der Waals surface area (Å²) in [5.74, 6) is 1.36. The number of amides is 2. The fourth-order valence-corrected chi connectivity index (χ4v) is 7.87. The van der Waals surface area contributed by atoms with Crippen molar-refractivity contribution in [1.29, 1.82) is 0 Å². The van der Waals surface area contributed by atoms with E-state index in [-0.39, 0.29) is 17.9 Å². The topological polar surface area (TPSA) is 134 Å². The fraction of sp³-hybridized carbons (Fsp3) is 0.385. The lowest BCUT2D eigenvalue weighted by Gasteiger charge is -2.29. The summed E-state index contributed by atoms with van der Waals surface area (Å²) >= 11 is 1.55. The number of nitrogens with one attached hydrogen (secondary N) is 2. The third-order valence-electron chi connectivity index (χ3n) is 10.2. The molecule has 268 valence electrons. The van der Waals surface area contributed by atoms with Crippen LogP contribution in [0.2, 0.25) is 0 Å². The number of carbonyl (C=O) groups is 2. The van der Waals surface area contributed by atoms with Crippen molar-refractivity contribution in [3.8, 4) is 28.5 Å². The number of pyridine rings is 1. The van der Waals surface area contributed by atoms with Gasteiger partial charge in [0, 0.05) is 60.6 Å². The van der Waals surface area contributed by atoms with Crippen molar-refractivity contribution in [2.24, 2.45) is 0 Å². The number of rotatable bonds is 11. The molecule has 1 atom stereocenters. The van der Waals surface area contributed by atoms with Crippen LogP contribution < -0.4 is 10.1 Å². The molecule has 1 saturated heterocycles. The molecule has 2 aliphatic heterocycles. The standard InChI is InChI=1S/C39H43N9O3S/c1-25(2)51-34-13-8-29(21-40-34)36-32-20-30(9-12-33(32)43-44-36)42-38(50)39(52-3)16-19-46(23-39)22-35(49)47-17-14-27(15-18-47)26-4-6-28(7-5-26)37-41-24-48(45-37)31-10-11-31/h4-9,12-14,20-21,24-25,31H,10-11,15-19,22-23H2,1-3H3,(H,42,50)(H,43,44). The van der Waals surface area contributed by atoms with Crippen molar-refractivity contribution in [2.45, 2.75) is 56.4 Å². The van der Waals surface area contributed by atoms with Crippen molar-refractivity contribution in [2.75, 3.05) is 44.3 Å². The first-order valence-electron chi connectivity index (χ1n) is 18.0. The number of thioether (sulfide) groups is 1. The molecule has 52 heavy (non-hydrogen) atoms. The zero-order valence-electron chi connectivity index (χ0n) is 29.7. The average molecular weight is 718 g/mol. The largest absolute Gasteiger partial charge is 0.475 e. The minimum atomic E-state index is -0.655. The van der Waals surface area contributed by atoms with E-state index in [4.69, 9.17) is 4.74 Å². The van der Waals surface area contributed by atoms with Gasteiger partial charge < -0.3 is 15.0 Å². The molecule has 2 amide bonds.